The summed E-state index contributed by atoms with van der Waals surface area (Å²) in [5.74, 6) is 1.01. The molecular formula is C19H16N2O4. The van der Waals surface area contributed by atoms with E-state index in [-0.39, 0.29) is 12.4 Å². The lowest BCUT2D eigenvalue weighted by molar-refractivity contribution is -0.134. The molecule has 0 atom stereocenters. The Morgan fingerprint density at radius 3 is 2.32 bits per heavy atom. The van der Waals surface area contributed by atoms with Crippen molar-refractivity contribution in [1.29, 1.82) is 10.5 Å². The van der Waals surface area contributed by atoms with Gasteiger partial charge in [0.1, 0.15) is 5.75 Å². The van der Waals surface area contributed by atoms with Crippen LogP contribution in [0.2, 0.25) is 0 Å². The summed E-state index contributed by atoms with van der Waals surface area (Å²) in [6.07, 6.45) is 0.664. The average molecular weight is 336 g/mol. The van der Waals surface area contributed by atoms with Gasteiger partial charge < -0.3 is 14.2 Å². The SMILES string of the molecule is COc1cc(C#N)ccc1OCCCC(=O)Oc1ccc(C#N)cc1. The number of carbonyl (C=O) groups is 1. The molecular weight excluding hydrogens is 320 g/mol. The van der Waals surface area contributed by atoms with E-state index in [4.69, 9.17) is 24.7 Å². The summed E-state index contributed by atoms with van der Waals surface area (Å²) in [5.41, 5.74) is 0.986. The van der Waals surface area contributed by atoms with Gasteiger partial charge in [0, 0.05) is 12.5 Å². The van der Waals surface area contributed by atoms with Gasteiger partial charge in [0.15, 0.2) is 11.5 Å². The van der Waals surface area contributed by atoms with E-state index in [9.17, 15) is 4.79 Å². The van der Waals surface area contributed by atoms with Crippen LogP contribution in [0, 0.1) is 22.7 Å². The molecule has 0 heterocycles. The van der Waals surface area contributed by atoms with Gasteiger partial charge in [0.05, 0.1) is 37.0 Å². The fraction of sp³-hybridized carbons (Fsp3) is 0.211. The van der Waals surface area contributed by atoms with Gasteiger partial charge in [0.2, 0.25) is 0 Å². The molecule has 0 aliphatic heterocycles. The molecule has 2 aromatic carbocycles. The molecule has 0 aliphatic carbocycles. The molecule has 0 unspecified atom stereocenters. The number of methoxy groups -OCH3 is 1. The van der Waals surface area contributed by atoms with Crippen LogP contribution in [0.1, 0.15) is 24.0 Å². The van der Waals surface area contributed by atoms with E-state index in [1.165, 1.54) is 7.11 Å². The zero-order chi connectivity index (χ0) is 18.1. The summed E-state index contributed by atoms with van der Waals surface area (Å²) in [4.78, 5) is 11.8. The smallest absolute Gasteiger partial charge is 0.311 e. The second-order valence-electron chi connectivity index (χ2n) is 5.04. The van der Waals surface area contributed by atoms with Gasteiger partial charge in [-0.2, -0.15) is 10.5 Å². The molecule has 0 N–H and O–H groups in total. The summed E-state index contributed by atoms with van der Waals surface area (Å²) < 4.78 is 15.9. The molecule has 0 saturated carbocycles. The molecule has 0 radical (unpaired) electrons. The van der Waals surface area contributed by atoms with Crippen LogP contribution in [-0.2, 0) is 4.79 Å². The number of nitrogens with zero attached hydrogens (tertiary/aromatic N) is 2. The minimum Gasteiger partial charge on any atom is -0.493 e. The third-order valence-electron chi connectivity index (χ3n) is 3.29. The Labute approximate surface area is 145 Å². The fourth-order valence-corrected chi connectivity index (χ4v) is 2.04. The summed E-state index contributed by atoms with van der Waals surface area (Å²) >= 11 is 0. The van der Waals surface area contributed by atoms with Gasteiger partial charge in [-0.1, -0.05) is 0 Å². The first kappa shape index (κ1) is 17.8. The Balaban J connectivity index is 1.78. The van der Waals surface area contributed by atoms with E-state index in [1.54, 1.807) is 42.5 Å². The van der Waals surface area contributed by atoms with Crippen molar-refractivity contribution in [3.05, 3.63) is 53.6 Å². The van der Waals surface area contributed by atoms with E-state index >= 15 is 0 Å². The lowest BCUT2D eigenvalue weighted by atomic mass is 10.2. The van der Waals surface area contributed by atoms with Crippen molar-refractivity contribution >= 4 is 5.97 Å². The van der Waals surface area contributed by atoms with E-state index in [0.29, 0.717) is 41.4 Å². The molecule has 25 heavy (non-hydrogen) atoms. The summed E-state index contributed by atoms with van der Waals surface area (Å²) in [6.45, 7) is 0.310. The molecule has 6 heteroatoms. The van der Waals surface area contributed by atoms with Gasteiger partial charge in [-0.05, 0) is 42.8 Å². The van der Waals surface area contributed by atoms with Crippen molar-refractivity contribution in [2.45, 2.75) is 12.8 Å². The summed E-state index contributed by atoms with van der Waals surface area (Å²) in [5, 5.41) is 17.6. The van der Waals surface area contributed by atoms with Crippen molar-refractivity contribution < 1.29 is 19.0 Å². The number of carbonyl (C=O) groups excluding carboxylic acids is 1. The predicted molar refractivity (Wildman–Crippen MR) is 89.2 cm³/mol. The van der Waals surface area contributed by atoms with E-state index < -0.39 is 0 Å². The predicted octanol–water partition coefficient (Wildman–Crippen LogP) is 3.20. The number of rotatable bonds is 7. The fourth-order valence-electron chi connectivity index (χ4n) is 2.04. The Kier molecular flexibility index (Phi) is 6.39. The molecule has 0 bridgehead atoms. The molecule has 0 spiro atoms. The maximum atomic E-state index is 11.8. The Bertz CT molecular complexity index is 817. The van der Waals surface area contributed by atoms with Gasteiger partial charge >= 0.3 is 5.97 Å². The normalized spacial score (nSPS) is 9.56. The van der Waals surface area contributed by atoms with Gasteiger partial charge in [-0.25, -0.2) is 0 Å². The van der Waals surface area contributed by atoms with Crippen LogP contribution in [0.5, 0.6) is 17.2 Å². The first-order valence-corrected chi connectivity index (χ1v) is 7.58. The highest BCUT2D eigenvalue weighted by Gasteiger charge is 2.08. The Morgan fingerprint density at radius 1 is 1.00 bits per heavy atom. The number of hydrogen-bond acceptors (Lipinski definition) is 6. The van der Waals surface area contributed by atoms with Crippen LogP contribution >= 0.6 is 0 Å². The Hall–Kier alpha value is -3.51. The number of ether oxygens (including phenoxy) is 3. The third-order valence-corrected chi connectivity index (χ3v) is 3.29. The third kappa shape index (κ3) is 5.26. The zero-order valence-electron chi connectivity index (χ0n) is 13.7. The van der Waals surface area contributed by atoms with Crippen LogP contribution in [0.4, 0.5) is 0 Å². The van der Waals surface area contributed by atoms with E-state index in [2.05, 4.69) is 0 Å². The molecule has 0 fully saturated rings. The number of benzene rings is 2. The number of esters is 1. The average Bonchev–Trinajstić information content (AvgIpc) is 2.65. The molecule has 0 aliphatic rings. The molecule has 2 rings (SSSR count). The van der Waals surface area contributed by atoms with E-state index in [1.807, 2.05) is 12.1 Å². The van der Waals surface area contributed by atoms with Crippen molar-refractivity contribution in [1.82, 2.24) is 0 Å². The lowest BCUT2D eigenvalue weighted by Crippen LogP contribution is -2.10. The highest BCUT2D eigenvalue weighted by Crippen LogP contribution is 2.28. The molecule has 0 aromatic heterocycles. The van der Waals surface area contributed by atoms with Crippen molar-refractivity contribution in [2.75, 3.05) is 13.7 Å². The topological polar surface area (TPSA) is 92.3 Å². The standard InChI is InChI=1S/C19H16N2O4/c1-23-18-11-15(13-21)6-9-17(18)24-10-2-3-19(22)25-16-7-4-14(12-20)5-8-16/h4-9,11H,2-3,10H2,1H3. The quantitative estimate of drug-likeness (QED) is 0.438. The summed E-state index contributed by atoms with van der Waals surface area (Å²) in [7, 11) is 1.50. The largest absolute Gasteiger partial charge is 0.493 e. The van der Waals surface area contributed by atoms with Crippen LogP contribution in [0.25, 0.3) is 0 Å². The van der Waals surface area contributed by atoms with Crippen molar-refractivity contribution in [3.63, 3.8) is 0 Å². The highest BCUT2D eigenvalue weighted by molar-refractivity contribution is 5.72. The van der Waals surface area contributed by atoms with E-state index in [0.717, 1.165) is 0 Å². The van der Waals surface area contributed by atoms with Crippen molar-refractivity contribution in [3.8, 4) is 29.4 Å². The molecule has 0 amide bonds. The van der Waals surface area contributed by atoms with Crippen LogP contribution in [-0.4, -0.2) is 19.7 Å². The monoisotopic (exact) mass is 336 g/mol. The molecule has 6 nitrogen and oxygen atoms in total. The van der Waals surface area contributed by atoms with Crippen LogP contribution in [0.3, 0.4) is 0 Å². The second kappa shape index (κ2) is 8.95. The first-order valence-electron chi connectivity index (χ1n) is 7.58. The number of nitriles is 2. The van der Waals surface area contributed by atoms with Gasteiger partial charge in [0.25, 0.3) is 0 Å². The lowest BCUT2D eigenvalue weighted by Gasteiger charge is -2.10. The zero-order valence-corrected chi connectivity index (χ0v) is 13.7. The highest BCUT2D eigenvalue weighted by atomic mass is 16.5. The maximum absolute atomic E-state index is 11.8. The maximum Gasteiger partial charge on any atom is 0.311 e. The van der Waals surface area contributed by atoms with Crippen LogP contribution in [0.15, 0.2) is 42.5 Å². The van der Waals surface area contributed by atoms with Crippen LogP contribution < -0.4 is 14.2 Å². The Morgan fingerprint density at radius 2 is 1.68 bits per heavy atom. The first-order chi connectivity index (χ1) is 12.2. The molecule has 126 valence electrons. The molecule has 2 aromatic rings. The van der Waals surface area contributed by atoms with Gasteiger partial charge in [-0.15, -0.1) is 0 Å². The minimum atomic E-state index is -0.375. The number of hydrogen-bond donors (Lipinski definition) is 0. The minimum absolute atomic E-state index is 0.193. The second-order valence-corrected chi connectivity index (χ2v) is 5.04. The summed E-state index contributed by atoms with van der Waals surface area (Å²) in [6, 6.07) is 15.2. The molecule has 0 saturated heterocycles. The van der Waals surface area contributed by atoms with Gasteiger partial charge in [-0.3, -0.25) is 4.79 Å². The van der Waals surface area contributed by atoms with Crippen molar-refractivity contribution in [2.24, 2.45) is 0 Å².